The lowest BCUT2D eigenvalue weighted by Crippen LogP contribution is -2.29. The molecule has 9 heteroatoms. The Hall–Kier alpha value is -4.89. The van der Waals surface area contributed by atoms with Crippen molar-refractivity contribution in [2.75, 3.05) is 18.0 Å². The molecule has 0 saturated heterocycles. The summed E-state index contributed by atoms with van der Waals surface area (Å²) < 4.78 is 27.6. The third kappa shape index (κ3) is 7.69. The Labute approximate surface area is 252 Å². The SMILES string of the molecule is O=C(O)CCNC(=O)c1ccc(CN(CC(c2ccccc2)c2ccccc2)c2nc(-c3ccc(F)c(F)c3)cs2)cc1. The fraction of sp³-hybridized carbons (Fsp3) is 0.147. The van der Waals surface area contributed by atoms with Crippen molar-refractivity contribution < 1.29 is 23.5 Å². The Morgan fingerprint density at radius 2 is 1.51 bits per heavy atom. The standard InChI is InChI=1S/C34H29F2N3O3S/c35-29-16-15-27(19-30(29)36)31-22-43-34(38-31)39(20-23-11-13-26(14-12-23)33(42)37-18-17-32(40)41)21-28(24-7-3-1-4-8-24)25-9-5-2-6-10-25/h1-16,19,22,28H,17-18,20-21H2,(H,37,42)(H,40,41). The van der Waals surface area contributed by atoms with Gasteiger partial charge in [0.05, 0.1) is 12.1 Å². The molecule has 218 valence electrons. The van der Waals surface area contributed by atoms with Crippen LogP contribution in [0.4, 0.5) is 13.9 Å². The fourth-order valence-electron chi connectivity index (χ4n) is 4.77. The molecule has 1 aromatic heterocycles. The molecule has 6 nitrogen and oxygen atoms in total. The van der Waals surface area contributed by atoms with E-state index in [4.69, 9.17) is 10.1 Å². The van der Waals surface area contributed by atoms with Gasteiger partial charge in [-0.3, -0.25) is 9.59 Å². The fourth-order valence-corrected chi connectivity index (χ4v) is 5.61. The number of thiazole rings is 1. The molecule has 0 aliphatic carbocycles. The van der Waals surface area contributed by atoms with Crippen LogP contribution in [0.15, 0.2) is 109 Å². The van der Waals surface area contributed by atoms with E-state index in [1.54, 1.807) is 12.1 Å². The highest BCUT2D eigenvalue weighted by atomic mass is 32.1. The van der Waals surface area contributed by atoms with Crippen LogP contribution in [0.5, 0.6) is 0 Å². The maximum Gasteiger partial charge on any atom is 0.305 e. The number of benzene rings is 4. The number of amides is 1. The molecule has 0 saturated carbocycles. The van der Waals surface area contributed by atoms with Crippen LogP contribution in [0, 0.1) is 11.6 Å². The summed E-state index contributed by atoms with van der Waals surface area (Å²) in [7, 11) is 0. The minimum atomic E-state index is -0.977. The summed E-state index contributed by atoms with van der Waals surface area (Å²) in [5.41, 5.74) is 4.69. The number of aliphatic carboxylic acids is 1. The third-order valence-corrected chi connectivity index (χ3v) is 7.90. The molecule has 0 fully saturated rings. The van der Waals surface area contributed by atoms with Crippen LogP contribution in [-0.2, 0) is 11.3 Å². The van der Waals surface area contributed by atoms with E-state index in [9.17, 15) is 18.4 Å². The van der Waals surface area contributed by atoms with Gasteiger partial charge < -0.3 is 15.3 Å². The normalized spacial score (nSPS) is 11.0. The molecule has 4 aromatic carbocycles. The first-order valence-corrected chi connectivity index (χ1v) is 14.6. The number of anilines is 1. The van der Waals surface area contributed by atoms with Crippen molar-refractivity contribution in [1.29, 1.82) is 0 Å². The predicted molar refractivity (Wildman–Crippen MR) is 164 cm³/mol. The lowest BCUT2D eigenvalue weighted by molar-refractivity contribution is -0.136. The van der Waals surface area contributed by atoms with Gasteiger partial charge in [-0.05, 0) is 47.0 Å². The number of aromatic nitrogens is 1. The second kappa shape index (κ2) is 13.8. The van der Waals surface area contributed by atoms with Gasteiger partial charge in [-0.25, -0.2) is 13.8 Å². The first-order chi connectivity index (χ1) is 20.9. The Bertz CT molecular complexity index is 1640. The van der Waals surface area contributed by atoms with Crippen molar-refractivity contribution in [3.05, 3.63) is 142 Å². The molecule has 0 unspecified atom stereocenters. The Morgan fingerprint density at radius 1 is 0.860 bits per heavy atom. The number of nitrogens with zero attached hydrogens (tertiary/aromatic N) is 2. The monoisotopic (exact) mass is 597 g/mol. The highest BCUT2D eigenvalue weighted by Crippen LogP contribution is 2.33. The summed E-state index contributed by atoms with van der Waals surface area (Å²) in [4.78, 5) is 30.2. The van der Waals surface area contributed by atoms with Gasteiger partial charge in [0, 0.05) is 42.1 Å². The van der Waals surface area contributed by atoms with Gasteiger partial charge in [0.1, 0.15) is 0 Å². The summed E-state index contributed by atoms with van der Waals surface area (Å²) in [6.45, 7) is 1.10. The average molecular weight is 598 g/mol. The van der Waals surface area contributed by atoms with Crippen molar-refractivity contribution in [3.63, 3.8) is 0 Å². The van der Waals surface area contributed by atoms with Crippen LogP contribution < -0.4 is 10.2 Å². The molecule has 5 aromatic rings. The first kappa shape index (κ1) is 29.6. The second-order valence-corrected chi connectivity index (χ2v) is 10.8. The van der Waals surface area contributed by atoms with Gasteiger partial charge >= 0.3 is 5.97 Å². The second-order valence-electron chi connectivity index (χ2n) is 10.00. The molecule has 1 heterocycles. The molecule has 0 radical (unpaired) electrons. The molecular weight excluding hydrogens is 568 g/mol. The van der Waals surface area contributed by atoms with E-state index in [2.05, 4.69) is 34.5 Å². The molecular formula is C34H29F2N3O3S. The third-order valence-electron chi connectivity index (χ3n) is 7.00. The van der Waals surface area contributed by atoms with Gasteiger partial charge in [-0.1, -0.05) is 72.8 Å². The Kier molecular flexibility index (Phi) is 9.53. The van der Waals surface area contributed by atoms with Crippen LogP contribution in [0.1, 0.15) is 39.4 Å². The maximum absolute atomic E-state index is 14.0. The summed E-state index contributed by atoms with van der Waals surface area (Å²) >= 11 is 1.42. The average Bonchev–Trinajstić information content (AvgIpc) is 3.52. The zero-order valence-corrected chi connectivity index (χ0v) is 23.9. The van der Waals surface area contributed by atoms with Crippen LogP contribution in [0.3, 0.4) is 0 Å². The van der Waals surface area contributed by atoms with E-state index in [1.165, 1.54) is 17.4 Å². The number of carbonyl (C=O) groups is 2. The predicted octanol–water partition coefficient (Wildman–Crippen LogP) is 7.13. The lowest BCUT2D eigenvalue weighted by Gasteiger charge is -2.28. The minimum Gasteiger partial charge on any atom is -0.481 e. The van der Waals surface area contributed by atoms with Crippen LogP contribution >= 0.6 is 11.3 Å². The van der Waals surface area contributed by atoms with E-state index < -0.39 is 17.6 Å². The zero-order valence-electron chi connectivity index (χ0n) is 23.1. The Morgan fingerprint density at radius 3 is 2.12 bits per heavy atom. The van der Waals surface area contributed by atoms with Crippen molar-refractivity contribution in [1.82, 2.24) is 10.3 Å². The number of halogens is 2. The van der Waals surface area contributed by atoms with Crippen molar-refractivity contribution in [2.24, 2.45) is 0 Å². The van der Waals surface area contributed by atoms with Gasteiger partial charge in [-0.2, -0.15) is 0 Å². The quantitative estimate of drug-likeness (QED) is 0.160. The van der Waals surface area contributed by atoms with Gasteiger partial charge in [-0.15, -0.1) is 11.3 Å². The molecule has 0 bridgehead atoms. The van der Waals surface area contributed by atoms with Gasteiger partial charge in [0.25, 0.3) is 5.91 Å². The van der Waals surface area contributed by atoms with Gasteiger partial charge in [0.2, 0.25) is 0 Å². The number of hydrogen-bond donors (Lipinski definition) is 2. The molecule has 1 amide bonds. The number of rotatable bonds is 12. The zero-order chi connectivity index (χ0) is 30.2. The maximum atomic E-state index is 14.0. The molecule has 2 N–H and O–H groups in total. The van der Waals surface area contributed by atoms with Crippen LogP contribution in [0.25, 0.3) is 11.3 Å². The smallest absolute Gasteiger partial charge is 0.305 e. The van der Waals surface area contributed by atoms with Gasteiger partial charge in [0.15, 0.2) is 16.8 Å². The van der Waals surface area contributed by atoms with Crippen molar-refractivity contribution in [2.45, 2.75) is 18.9 Å². The number of carboxylic acid groups (broad SMARTS) is 1. The molecule has 0 aliphatic rings. The topological polar surface area (TPSA) is 82.5 Å². The molecule has 5 rings (SSSR count). The van der Waals surface area contributed by atoms with E-state index in [-0.39, 0.29) is 24.8 Å². The van der Waals surface area contributed by atoms with Crippen molar-refractivity contribution in [3.8, 4) is 11.3 Å². The molecule has 43 heavy (non-hydrogen) atoms. The summed E-state index contributed by atoms with van der Waals surface area (Å²) in [5, 5.41) is 14.0. The number of nitrogens with one attached hydrogen (secondary N) is 1. The lowest BCUT2D eigenvalue weighted by atomic mass is 9.91. The highest BCUT2D eigenvalue weighted by Gasteiger charge is 2.22. The number of carboxylic acids is 1. The summed E-state index contributed by atoms with van der Waals surface area (Å²) in [6.07, 6.45) is -0.150. The van der Waals surface area contributed by atoms with E-state index in [0.29, 0.717) is 35.0 Å². The molecule has 0 spiro atoms. The van der Waals surface area contributed by atoms with E-state index in [0.717, 1.165) is 28.8 Å². The van der Waals surface area contributed by atoms with Crippen molar-refractivity contribution >= 4 is 28.3 Å². The number of hydrogen-bond acceptors (Lipinski definition) is 5. The Balaban J connectivity index is 1.45. The highest BCUT2D eigenvalue weighted by molar-refractivity contribution is 7.14. The summed E-state index contributed by atoms with van der Waals surface area (Å²) in [6, 6.07) is 31.3. The molecule has 0 aliphatic heterocycles. The number of carbonyl (C=O) groups excluding carboxylic acids is 1. The largest absolute Gasteiger partial charge is 0.481 e. The summed E-state index contributed by atoms with van der Waals surface area (Å²) in [5.74, 6) is -3.14. The minimum absolute atomic E-state index is 0.0114. The van der Waals surface area contributed by atoms with Crippen LogP contribution in [-0.4, -0.2) is 35.1 Å². The van der Waals surface area contributed by atoms with Crippen LogP contribution in [0.2, 0.25) is 0 Å². The van der Waals surface area contributed by atoms with E-state index >= 15 is 0 Å². The first-order valence-electron chi connectivity index (χ1n) is 13.7. The molecule has 0 atom stereocenters. The van der Waals surface area contributed by atoms with E-state index in [1.807, 2.05) is 53.9 Å².